The summed E-state index contributed by atoms with van der Waals surface area (Å²) in [6.45, 7) is 14.7. The Balaban J connectivity index is 2.89. The third-order valence-electron chi connectivity index (χ3n) is 5.42. The van der Waals surface area contributed by atoms with Crippen LogP contribution in [0.25, 0.3) is 0 Å². The van der Waals surface area contributed by atoms with Crippen LogP contribution in [0.1, 0.15) is 75.7 Å². The minimum atomic E-state index is -0.132. The van der Waals surface area contributed by atoms with E-state index in [2.05, 4.69) is 50.1 Å². The Hall–Kier alpha value is -1.36. The molecule has 1 amide bonds. The van der Waals surface area contributed by atoms with Crippen LogP contribution in [0.2, 0.25) is 0 Å². The first-order valence-corrected chi connectivity index (χ1v) is 9.29. The van der Waals surface area contributed by atoms with Crippen LogP contribution < -0.4 is 5.32 Å². The zero-order chi connectivity index (χ0) is 18.3. The molecule has 1 heterocycles. The summed E-state index contributed by atoms with van der Waals surface area (Å²) in [4.78, 5) is 15.0. The van der Waals surface area contributed by atoms with E-state index in [0.717, 1.165) is 50.1 Å². The van der Waals surface area contributed by atoms with E-state index in [0.29, 0.717) is 5.69 Å². The standard InChI is InChI=1S/C19H35N3O2/c1-8-12-22(7)13-19(10-3,11-4)15(6)20-18(23)17-14(5)16(9-2)24-21-17/h15H,8-13H2,1-7H3,(H,20,23). The third-order valence-corrected chi connectivity index (χ3v) is 5.42. The predicted molar refractivity (Wildman–Crippen MR) is 98.3 cm³/mol. The van der Waals surface area contributed by atoms with Gasteiger partial charge in [0.1, 0.15) is 5.76 Å². The summed E-state index contributed by atoms with van der Waals surface area (Å²) in [7, 11) is 2.16. The zero-order valence-corrected chi connectivity index (χ0v) is 16.5. The first-order valence-electron chi connectivity index (χ1n) is 9.29. The molecule has 1 aromatic rings. The van der Waals surface area contributed by atoms with E-state index >= 15 is 0 Å². The van der Waals surface area contributed by atoms with Crippen LogP contribution in [0.15, 0.2) is 4.52 Å². The van der Waals surface area contributed by atoms with Gasteiger partial charge in [-0.15, -0.1) is 0 Å². The number of nitrogens with one attached hydrogen (secondary N) is 1. The Bertz CT molecular complexity index is 521. The predicted octanol–water partition coefficient (Wildman–Crippen LogP) is 3.81. The monoisotopic (exact) mass is 337 g/mol. The van der Waals surface area contributed by atoms with E-state index in [4.69, 9.17) is 4.52 Å². The topological polar surface area (TPSA) is 58.4 Å². The van der Waals surface area contributed by atoms with Crippen LogP contribution >= 0.6 is 0 Å². The Labute approximate surface area is 147 Å². The van der Waals surface area contributed by atoms with E-state index in [-0.39, 0.29) is 17.4 Å². The van der Waals surface area contributed by atoms with Crippen molar-refractivity contribution in [1.82, 2.24) is 15.4 Å². The summed E-state index contributed by atoms with van der Waals surface area (Å²) >= 11 is 0. The highest BCUT2D eigenvalue weighted by Gasteiger charge is 2.35. The van der Waals surface area contributed by atoms with Gasteiger partial charge in [0.25, 0.3) is 5.91 Å². The number of carbonyl (C=O) groups is 1. The molecular formula is C19H35N3O2. The second-order valence-corrected chi connectivity index (χ2v) is 6.94. The average molecular weight is 338 g/mol. The summed E-state index contributed by atoms with van der Waals surface area (Å²) in [5.41, 5.74) is 1.33. The molecule has 1 N–H and O–H groups in total. The minimum absolute atomic E-state index is 0.0603. The minimum Gasteiger partial charge on any atom is -0.360 e. The molecule has 0 aliphatic carbocycles. The quantitative estimate of drug-likeness (QED) is 0.705. The highest BCUT2D eigenvalue weighted by atomic mass is 16.5. The van der Waals surface area contributed by atoms with Gasteiger partial charge in [0.05, 0.1) is 0 Å². The van der Waals surface area contributed by atoms with Gasteiger partial charge < -0.3 is 14.7 Å². The van der Waals surface area contributed by atoms with Gasteiger partial charge in [-0.05, 0) is 46.7 Å². The molecule has 0 aromatic carbocycles. The van der Waals surface area contributed by atoms with E-state index in [1.807, 2.05) is 13.8 Å². The fourth-order valence-electron chi connectivity index (χ4n) is 3.55. The Kier molecular flexibility index (Phi) is 7.94. The summed E-state index contributed by atoms with van der Waals surface area (Å²) in [6, 6.07) is 0.0699. The second kappa shape index (κ2) is 9.21. The number of aryl methyl sites for hydroxylation is 1. The maximum Gasteiger partial charge on any atom is 0.273 e. The fourth-order valence-corrected chi connectivity index (χ4v) is 3.55. The molecule has 0 aliphatic heterocycles. The Morgan fingerprint density at radius 2 is 1.92 bits per heavy atom. The largest absolute Gasteiger partial charge is 0.360 e. The summed E-state index contributed by atoms with van der Waals surface area (Å²) in [5.74, 6) is 0.653. The van der Waals surface area contributed by atoms with Crippen LogP contribution in [0.4, 0.5) is 0 Å². The molecule has 138 valence electrons. The van der Waals surface area contributed by atoms with Gasteiger partial charge in [-0.3, -0.25) is 4.79 Å². The number of aromatic nitrogens is 1. The smallest absolute Gasteiger partial charge is 0.273 e. The molecule has 5 nitrogen and oxygen atoms in total. The molecule has 0 radical (unpaired) electrons. The van der Waals surface area contributed by atoms with Gasteiger partial charge in [0.2, 0.25) is 0 Å². The molecule has 24 heavy (non-hydrogen) atoms. The second-order valence-electron chi connectivity index (χ2n) is 6.94. The Morgan fingerprint density at radius 1 is 1.29 bits per heavy atom. The van der Waals surface area contributed by atoms with Crippen molar-refractivity contribution >= 4 is 5.91 Å². The summed E-state index contributed by atoms with van der Waals surface area (Å²) in [6.07, 6.45) is 3.93. The molecule has 0 bridgehead atoms. The number of hydrogen-bond donors (Lipinski definition) is 1. The molecule has 0 aliphatic rings. The van der Waals surface area contributed by atoms with Crippen molar-refractivity contribution < 1.29 is 9.32 Å². The van der Waals surface area contributed by atoms with Crippen LogP contribution in [0.5, 0.6) is 0 Å². The molecule has 0 spiro atoms. The highest BCUT2D eigenvalue weighted by Crippen LogP contribution is 2.32. The molecule has 1 unspecified atom stereocenters. The van der Waals surface area contributed by atoms with E-state index in [9.17, 15) is 4.79 Å². The van der Waals surface area contributed by atoms with E-state index < -0.39 is 0 Å². The first kappa shape index (κ1) is 20.7. The molecule has 1 aromatic heterocycles. The lowest BCUT2D eigenvalue weighted by Gasteiger charge is -2.41. The average Bonchev–Trinajstić information content (AvgIpc) is 2.93. The van der Waals surface area contributed by atoms with Gasteiger partial charge in [-0.25, -0.2) is 0 Å². The SMILES string of the molecule is CCCN(C)CC(CC)(CC)C(C)NC(=O)c1noc(CC)c1C. The number of nitrogens with zero attached hydrogens (tertiary/aromatic N) is 2. The highest BCUT2D eigenvalue weighted by molar-refractivity contribution is 5.93. The normalized spacial score (nSPS) is 13.3. The molecule has 0 fully saturated rings. The van der Waals surface area contributed by atoms with Crippen LogP contribution in [-0.4, -0.2) is 42.1 Å². The number of carbonyl (C=O) groups excluding carboxylic acids is 1. The fraction of sp³-hybridized carbons (Fsp3) is 0.789. The molecular weight excluding hydrogens is 302 g/mol. The zero-order valence-electron chi connectivity index (χ0n) is 16.5. The van der Waals surface area contributed by atoms with Crippen LogP contribution in [0.3, 0.4) is 0 Å². The molecule has 1 atom stereocenters. The van der Waals surface area contributed by atoms with E-state index in [1.165, 1.54) is 0 Å². The van der Waals surface area contributed by atoms with Crippen molar-refractivity contribution in [3.63, 3.8) is 0 Å². The van der Waals surface area contributed by atoms with Gasteiger partial charge in [-0.1, -0.05) is 32.9 Å². The molecule has 0 saturated heterocycles. The molecule has 0 saturated carbocycles. The number of amides is 1. The van der Waals surface area contributed by atoms with Crippen molar-refractivity contribution in [2.75, 3.05) is 20.1 Å². The number of rotatable bonds is 10. The lowest BCUT2D eigenvalue weighted by atomic mass is 9.75. The third kappa shape index (κ3) is 4.59. The maximum absolute atomic E-state index is 12.6. The van der Waals surface area contributed by atoms with Crippen molar-refractivity contribution in [3.05, 3.63) is 17.0 Å². The maximum atomic E-state index is 12.6. The van der Waals surface area contributed by atoms with Gasteiger partial charge in [0.15, 0.2) is 5.69 Å². The number of hydrogen-bond acceptors (Lipinski definition) is 4. The lowest BCUT2D eigenvalue weighted by molar-refractivity contribution is 0.0796. The summed E-state index contributed by atoms with van der Waals surface area (Å²) in [5, 5.41) is 7.14. The van der Waals surface area contributed by atoms with Crippen molar-refractivity contribution in [3.8, 4) is 0 Å². The van der Waals surface area contributed by atoms with Gasteiger partial charge in [0, 0.05) is 30.0 Å². The van der Waals surface area contributed by atoms with E-state index in [1.54, 1.807) is 0 Å². The van der Waals surface area contributed by atoms with Crippen molar-refractivity contribution in [1.29, 1.82) is 0 Å². The van der Waals surface area contributed by atoms with Crippen LogP contribution in [0, 0.1) is 12.3 Å². The first-order chi connectivity index (χ1) is 11.3. The Morgan fingerprint density at radius 3 is 2.38 bits per heavy atom. The lowest BCUT2D eigenvalue weighted by Crippen LogP contribution is -2.51. The molecule has 5 heteroatoms. The van der Waals surface area contributed by atoms with Gasteiger partial charge in [-0.2, -0.15) is 0 Å². The van der Waals surface area contributed by atoms with Crippen molar-refractivity contribution in [2.45, 2.75) is 73.3 Å². The van der Waals surface area contributed by atoms with Crippen molar-refractivity contribution in [2.24, 2.45) is 5.41 Å². The van der Waals surface area contributed by atoms with Crippen LogP contribution in [-0.2, 0) is 6.42 Å². The van der Waals surface area contributed by atoms with Gasteiger partial charge >= 0.3 is 0 Å². The summed E-state index contributed by atoms with van der Waals surface area (Å²) < 4.78 is 5.26. The molecule has 1 rings (SSSR count).